The van der Waals surface area contributed by atoms with E-state index in [4.69, 9.17) is 11.6 Å². The van der Waals surface area contributed by atoms with Crippen molar-refractivity contribution >= 4 is 39.1 Å². The average Bonchev–Trinajstić information content (AvgIpc) is 3.10. The van der Waals surface area contributed by atoms with E-state index in [1.54, 1.807) is 17.6 Å². The van der Waals surface area contributed by atoms with Gasteiger partial charge in [0.15, 0.2) is 20.8 Å². The van der Waals surface area contributed by atoms with Crippen molar-refractivity contribution < 1.29 is 13.2 Å². The number of sulfone groups is 1. The molecule has 0 aliphatic carbocycles. The van der Waals surface area contributed by atoms with Crippen LogP contribution >= 0.6 is 23.4 Å². The van der Waals surface area contributed by atoms with E-state index in [0.29, 0.717) is 22.4 Å². The van der Waals surface area contributed by atoms with E-state index in [1.807, 2.05) is 25.2 Å². The first-order chi connectivity index (χ1) is 12.3. The van der Waals surface area contributed by atoms with Gasteiger partial charge >= 0.3 is 0 Å². The topological polar surface area (TPSA) is 93.9 Å². The van der Waals surface area contributed by atoms with E-state index in [0.717, 1.165) is 5.56 Å². The highest BCUT2D eigenvalue weighted by Gasteiger charge is 2.30. The Kier molecular flexibility index (Phi) is 5.59. The fourth-order valence-corrected chi connectivity index (χ4v) is 5.45. The normalized spacial score (nSPS) is 20.0. The predicted molar refractivity (Wildman–Crippen MR) is 102 cm³/mol. The second kappa shape index (κ2) is 7.58. The van der Waals surface area contributed by atoms with Crippen molar-refractivity contribution in [1.29, 1.82) is 0 Å². The van der Waals surface area contributed by atoms with Crippen LogP contribution in [0.1, 0.15) is 13.3 Å². The minimum atomic E-state index is -3.02. The van der Waals surface area contributed by atoms with E-state index in [1.165, 1.54) is 11.8 Å². The lowest BCUT2D eigenvalue weighted by molar-refractivity contribution is -0.120. The van der Waals surface area contributed by atoms with Gasteiger partial charge < -0.3 is 9.88 Å². The Hall–Kier alpha value is -1.58. The molecule has 1 aromatic heterocycles. The molecule has 3 rings (SSSR count). The van der Waals surface area contributed by atoms with Crippen molar-refractivity contribution in [3.8, 4) is 11.4 Å². The van der Waals surface area contributed by atoms with Crippen LogP contribution < -0.4 is 5.32 Å². The van der Waals surface area contributed by atoms with E-state index < -0.39 is 15.1 Å². The maximum atomic E-state index is 12.4. The summed E-state index contributed by atoms with van der Waals surface area (Å²) in [4.78, 5) is 12.4. The monoisotopic (exact) mass is 414 g/mol. The van der Waals surface area contributed by atoms with Gasteiger partial charge in [-0.3, -0.25) is 4.79 Å². The molecule has 1 aliphatic heterocycles. The van der Waals surface area contributed by atoms with Gasteiger partial charge in [0.05, 0.1) is 21.8 Å². The highest BCUT2D eigenvalue weighted by atomic mass is 35.5. The quantitative estimate of drug-likeness (QED) is 0.751. The standard InChI is InChI=1S/C16H19ClN4O3S2/c1-10(15(22)18-11-7-8-26(23,24)9-11)25-16-20-19-14(21(16)2)12-5-3-4-6-13(12)17/h3-6,10-11H,7-9H2,1-2H3,(H,18,22)/t10-,11+/m1/s1. The highest BCUT2D eigenvalue weighted by molar-refractivity contribution is 8.00. The van der Waals surface area contributed by atoms with Crippen LogP contribution in [0.3, 0.4) is 0 Å². The maximum Gasteiger partial charge on any atom is 0.233 e. The van der Waals surface area contributed by atoms with Crippen molar-refractivity contribution in [2.45, 2.75) is 29.8 Å². The highest BCUT2D eigenvalue weighted by Crippen LogP contribution is 2.29. The van der Waals surface area contributed by atoms with Crippen LogP contribution in [0.2, 0.25) is 5.02 Å². The molecule has 1 fully saturated rings. The summed E-state index contributed by atoms with van der Waals surface area (Å²) in [6.07, 6.45) is 0.464. The summed E-state index contributed by atoms with van der Waals surface area (Å²) < 4.78 is 24.8. The molecule has 2 heterocycles. The number of halogens is 1. The van der Waals surface area contributed by atoms with Crippen LogP contribution in [0.5, 0.6) is 0 Å². The van der Waals surface area contributed by atoms with Gasteiger partial charge in [-0.2, -0.15) is 0 Å². The maximum absolute atomic E-state index is 12.4. The molecule has 10 heteroatoms. The Morgan fingerprint density at radius 3 is 2.77 bits per heavy atom. The Bertz CT molecular complexity index is 929. The van der Waals surface area contributed by atoms with Crippen LogP contribution in [0, 0.1) is 0 Å². The lowest BCUT2D eigenvalue weighted by Gasteiger charge is -2.15. The van der Waals surface area contributed by atoms with Crippen LogP contribution in [-0.4, -0.2) is 51.9 Å². The number of rotatable bonds is 5. The molecule has 0 bridgehead atoms. The number of nitrogens with zero attached hydrogens (tertiary/aromatic N) is 3. The van der Waals surface area contributed by atoms with E-state index in [9.17, 15) is 13.2 Å². The van der Waals surface area contributed by atoms with Crippen molar-refractivity contribution in [2.24, 2.45) is 7.05 Å². The Morgan fingerprint density at radius 2 is 2.12 bits per heavy atom. The molecule has 0 unspecified atom stereocenters. The third-order valence-corrected chi connectivity index (χ3v) is 7.41. The predicted octanol–water partition coefficient (Wildman–Crippen LogP) is 1.92. The van der Waals surface area contributed by atoms with Gasteiger partial charge in [-0.25, -0.2) is 8.42 Å². The summed E-state index contributed by atoms with van der Waals surface area (Å²) in [6, 6.07) is 7.04. The molecule has 1 aromatic carbocycles. The number of hydrogen-bond acceptors (Lipinski definition) is 6. The fraction of sp³-hybridized carbons (Fsp3) is 0.438. The lowest BCUT2D eigenvalue weighted by Crippen LogP contribution is -2.40. The van der Waals surface area contributed by atoms with Gasteiger partial charge in [0, 0.05) is 18.7 Å². The molecule has 2 aromatic rings. The van der Waals surface area contributed by atoms with Crippen molar-refractivity contribution in [1.82, 2.24) is 20.1 Å². The van der Waals surface area contributed by atoms with Crippen molar-refractivity contribution in [3.05, 3.63) is 29.3 Å². The molecule has 0 spiro atoms. The molecule has 0 saturated carbocycles. The molecule has 140 valence electrons. The molecule has 26 heavy (non-hydrogen) atoms. The number of hydrogen-bond donors (Lipinski definition) is 1. The Morgan fingerprint density at radius 1 is 1.38 bits per heavy atom. The molecule has 2 atom stereocenters. The summed E-state index contributed by atoms with van der Waals surface area (Å²) in [5, 5.41) is 11.9. The molecular weight excluding hydrogens is 396 g/mol. The van der Waals surface area contributed by atoms with Gasteiger partial charge in [-0.05, 0) is 25.5 Å². The first-order valence-electron chi connectivity index (χ1n) is 8.08. The minimum Gasteiger partial charge on any atom is -0.351 e. The van der Waals surface area contributed by atoms with Gasteiger partial charge in [0.1, 0.15) is 0 Å². The van der Waals surface area contributed by atoms with E-state index >= 15 is 0 Å². The summed E-state index contributed by atoms with van der Waals surface area (Å²) >= 11 is 7.48. The third-order valence-electron chi connectivity index (χ3n) is 4.18. The van der Waals surface area contributed by atoms with Crippen molar-refractivity contribution in [3.63, 3.8) is 0 Å². The second-order valence-corrected chi connectivity index (χ2v) is 10.2. The Labute approximate surface area is 161 Å². The fourth-order valence-electron chi connectivity index (χ4n) is 2.73. The molecule has 1 saturated heterocycles. The summed E-state index contributed by atoms with van der Waals surface area (Å²) in [5.74, 6) is 0.549. The molecule has 1 N–H and O–H groups in total. The van der Waals surface area contributed by atoms with Crippen LogP contribution in [0.15, 0.2) is 29.4 Å². The summed E-state index contributed by atoms with van der Waals surface area (Å²) in [5.41, 5.74) is 0.768. The summed E-state index contributed by atoms with van der Waals surface area (Å²) in [6.45, 7) is 1.76. The van der Waals surface area contributed by atoms with E-state index in [-0.39, 0.29) is 23.5 Å². The molecule has 0 radical (unpaired) electrons. The second-order valence-electron chi connectivity index (χ2n) is 6.21. The number of benzene rings is 1. The number of aromatic nitrogens is 3. The number of carbonyl (C=O) groups excluding carboxylic acids is 1. The zero-order chi connectivity index (χ0) is 18.9. The van der Waals surface area contributed by atoms with Crippen LogP contribution in [-0.2, 0) is 21.7 Å². The average molecular weight is 415 g/mol. The number of nitrogens with one attached hydrogen (secondary N) is 1. The van der Waals surface area contributed by atoms with Gasteiger partial charge in [0.25, 0.3) is 0 Å². The summed E-state index contributed by atoms with van der Waals surface area (Å²) in [7, 11) is -1.21. The molecule has 1 amide bonds. The minimum absolute atomic E-state index is 0.0107. The zero-order valence-electron chi connectivity index (χ0n) is 14.3. The van der Waals surface area contributed by atoms with Gasteiger partial charge in [-0.15, -0.1) is 10.2 Å². The lowest BCUT2D eigenvalue weighted by atomic mass is 10.2. The van der Waals surface area contributed by atoms with Crippen molar-refractivity contribution in [2.75, 3.05) is 11.5 Å². The first-order valence-corrected chi connectivity index (χ1v) is 11.2. The van der Waals surface area contributed by atoms with Gasteiger partial charge in [-0.1, -0.05) is 35.5 Å². The number of carbonyl (C=O) groups is 1. The van der Waals surface area contributed by atoms with Crippen LogP contribution in [0.4, 0.5) is 0 Å². The SMILES string of the molecule is C[C@@H](Sc1nnc(-c2ccccc2Cl)n1C)C(=O)N[C@H]1CCS(=O)(=O)C1. The first kappa shape index (κ1) is 19.2. The number of amides is 1. The van der Waals surface area contributed by atoms with E-state index in [2.05, 4.69) is 15.5 Å². The largest absolute Gasteiger partial charge is 0.351 e. The number of thioether (sulfide) groups is 1. The van der Waals surface area contributed by atoms with Crippen LogP contribution in [0.25, 0.3) is 11.4 Å². The Balaban J connectivity index is 1.67. The zero-order valence-corrected chi connectivity index (χ0v) is 16.7. The smallest absolute Gasteiger partial charge is 0.233 e. The van der Waals surface area contributed by atoms with Gasteiger partial charge in [0.2, 0.25) is 5.91 Å². The molecular formula is C16H19ClN4O3S2. The third kappa shape index (κ3) is 4.21. The molecule has 1 aliphatic rings. The molecule has 7 nitrogen and oxygen atoms in total.